The van der Waals surface area contributed by atoms with Gasteiger partial charge in [0, 0.05) is 4.88 Å². The lowest BCUT2D eigenvalue weighted by atomic mass is 10.2. The fourth-order valence-corrected chi connectivity index (χ4v) is 5.54. The van der Waals surface area contributed by atoms with Crippen LogP contribution in [0.1, 0.15) is 0 Å². The molecule has 25 heavy (non-hydrogen) atoms. The molecule has 4 rings (SSSR count). The molecule has 0 atom stereocenters. The Morgan fingerprint density at radius 2 is 1.04 bits per heavy atom. The first-order valence-corrected chi connectivity index (χ1v) is 10.0. The van der Waals surface area contributed by atoms with E-state index in [-0.39, 0.29) is 23.3 Å². The Balaban J connectivity index is 0.00000182. The van der Waals surface area contributed by atoms with Crippen LogP contribution in [0.3, 0.4) is 0 Å². The number of benzene rings is 3. The Kier molecular flexibility index (Phi) is 5.98. The van der Waals surface area contributed by atoms with E-state index < -0.39 is 0 Å². The molecule has 0 aliphatic heterocycles. The summed E-state index contributed by atoms with van der Waals surface area (Å²) < 4.78 is 0. The highest BCUT2D eigenvalue weighted by atomic mass is 35.5. The van der Waals surface area contributed by atoms with Gasteiger partial charge in [0.25, 0.3) is 0 Å². The van der Waals surface area contributed by atoms with Gasteiger partial charge >= 0.3 is 0 Å². The fourth-order valence-electron chi connectivity index (χ4n) is 2.72. The average Bonchev–Trinajstić information content (AvgIpc) is 3.19. The van der Waals surface area contributed by atoms with Crippen LogP contribution >= 0.6 is 11.3 Å². The molecule has 1 heterocycles. The van der Waals surface area contributed by atoms with Gasteiger partial charge in [-0.25, -0.2) is 0 Å². The number of halogens is 1. The van der Waals surface area contributed by atoms with E-state index >= 15 is 0 Å². The summed E-state index contributed by atoms with van der Waals surface area (Å²) in [5.74, 6) is 0. The molecule has 0 spiro atoms. The summed E-state index contributed by atoms with van der Waals surface area (Å²) in [5, 5.41) is 2.13. The van der Waals surface area contributed by atoms with E-state index in [9.17, 15) is 0 Å². The van der Waals surface area contributed by atoms with Gasteiger partial charge in [-0.15, -0.1) is 11.3 Å². The zero-order chi connectivity index (χ0) is 16.2. The van der Waals surface area contributed by atoms with E-state index in [4.69, 9.17) is 0 Å². The van der Waals surface area contributed by atoms with Crippen LogP contribution in [0.4, 0.5) is 0 Å². The van der Waals surface area contributed by atoms with Crippen molar-refractivity contribution in [2.24, 2.45) is 0 Å². The maximum atomic E-state index is 2.28. The second kappa shape index (κ2) is 8.39. The van der Waals surface area contributed by atoms with Gasteiger partial charge < -0.3 is 12.4 Å². The molecule has 124 valence electrons. The van der Waals surface area contributed by atoms with Gasteiger partial charge in [0.15, 0.2) is 14.7 Å². The summed E-state index contributed by atoms with van der Waals surface area (Å²) in [6.45, 7) is 0. The van der Waals surface area contributed by atoms with Crippen molar-refractivity contribution >= 4 is 22.2 Å². The first kappa shape index (κ1) is 17.8. The Bertz CT molecular complexity index is 846. The van der Waals surface area contributed by atoms with E-state index in [1.54, 1.807) is 11.3 Å². The molecule has 0 bridgehead atoms. The predicted octanol–water partition coefficient (Wildman–Crippen LogP) is 3.51. The van der Waals surface area contributed by atoms with Gasteiger partial charge in [-0.3, -0.25) is 0 Å². The number of rotatable bonds is 4. The van der Waals surface area contributed by atoms with Gasteiger partial charge in [0.2, 0.25) is 0 Å². The molecular weight excluding hydrogens is 364 g/mol. The molecule has 3 heteroatoms. The average molecular weight is 381 g/mol. The topological polar surface area (TPSA) is 0 Å². The monoisotopic (exact) mass is 380 g/mol. The number of hydrogen-bond acceptors (Lipinski definition) is 1. The summed E-state index contributed by atoms with van der Waals surface area (Å²) >= 11 is 1.79. The van der Waals surface area contributed by atoms with E-state index in [0.29, 0.717) is 0 Å². The molecule has 4 aromatic rings. The van der Waals surface area contributed by atoms with Crippen molar-refractivity contribution < 1.29 is 12.4 Å². The van der Waals surface area contributed by atoms with E-state index in [1.165, 1.54) is 25.1 Å². The van der Waals surface area contributed by atoms with Crippen molar-refractivity contribution in [3.8, 4) is 10.4 Å². The minimum absolute atomic E-state index is 0. The van der Waals surface area contributed by atoms with E-state index in [2.05, 4.69) is 102 Å². The lowest BCUT2D eigenvalue weighted by molar-refractivity contribution is -0.00000456. The van der Waals surface area contributed by atoms with Crippen LogP contribution in [0.5, 0.6) is 0 Å². The van der Waals surface area contributed by atoms with Crippen molar-refractivity contribution in [1.29, 1.82) is 0 Å². The highest BCUT2D eigenvalue weighted by molar-refractivity contribution is 7.97. The van der Waals surface area contributed by atoms with Gasteiger partial charge in [-0.2, -0.15) is 0 Å². The number of hydrogen-bond donors (Lipinski definition) is 0. The van der Waals surface area contributed by atoms with Gasteiger partial charge in [-0.1, -0.05) is 42.5 Å². The zero-order valence-electron chi connectivity index (χ0n) is 13.5. The van der Waals surface area contributed by atoms with Crippen LogP contribution in [0, 0.1) is 0 Å². The van der Waals surface area contributed by atoms with Crippen LogP contribution < -0.4 is 12.4 Å². The van der Waals surface area contributed by atoms with Crippen molar-refractivity contribution in [2.45, 2.75) is 14.7 Å². The van der Waals surface area contributed by atoms with Crippen molar-refractivity contribution in [2.75, 3.05) is 0 Å². The molecule has 0 radical (unpaired) electrons. The smallest absolute Gasteiger partial charge is 0.166 e. The van der Waals surface area contributed by atoms with Crippen molar-refractivity contribution in [3.63, 3.8) is 0 Å². The lowest BCUT2D eigenvalue weighted by Gasteiger charge is -2.08. The third kappa shape index (κ3) is 3.98. The van der Waals surface area contributed by atoms with Gasteiger partial charge in [-0.05, 0) is 65.5 Å². The summed E-state index contributed by atoms with van der Waals surface area (Å²) in [6.07, 6.45) is 0. The molecule has 3 aromatic carbocycles. The quantitative estimate of drug-likeness (QED) is 0.475. The Labute approximate surface area is 161 Å². The van der Waals surface area contributed by atoms with Crippen LogP contribution in [0.25, 0.3) is 10.4 Å². The molecule has 0 aliphatic carbocycles. The molecule has 0 aliphatic rings. The lowest BCUT2D eigenvalue weighted by Crippen LogP contribution is -3.00. The van der Waals surface area contributed by atoms with Gasteiger partial charge in [0.1, 0.15) is 0 Å². The maximum absolute atomic E-state index is 2.28. The Morgan fingerprint density at radius 3 is 1.52 bits per heavy atom. The molecule has 0 fully saturated rings. The molecular formula is C22H17ClS2. The van der Waals surface area contributed by atoms with Crippen LogP contribution in [0.15, 0.2) is 117 Å². The van der Waals surface area contributed by atoms with E-state index in [0.717, 1.165) is 0 Å². The predicted molar refractivity (Wildman–Crippen MR) is 105 cm³/mol. The second-order valence-electron chi connectivity index (χ2n) is 5.43. The summed E-state index contributed by atoms with van der Waals surface area (Å²) in [5.41, 5.74) is 1.29. The summed E-state index contributed by atoms with van der Waals surface area (Å²) in [7, 11) is -0.0663. The Morgan fingerprint density at radius 1 is 0.520 bits per heavy atom. The van der Waals surface area contributed by atoms with Crippen LogP contribution in [0.2, 0.25) is 0 Å². The normalized spacial score (nSPS) is 10.4. The second-order valence-corrected chi connectivity index (χ2v) is 8.41. The molecule has 1 aromatic heterocycles. The minimum Gasteiger partial charge on any atom is -1.00 e. The molecule has 0 amide bonds. The summed E-state index contributed by atoms with van der Waals surface area (Å²) in [6, 6.07) is 34.9. The highest BCUT2D eigenvalue weighted by Crippen LogP contribution is 2.33. The van der Waals surface area contributed by atoms with Crippen LogP contribution in [-0.4, -0.2) is 0 Å². The molecule has 0 N–H and O–H groups in total. The Hall–Kier alpha value is -2.00. The maximum Gasteiger partial charge on any atom is 0.166 e. The SMILES string of the molecule is [Cl-].c1ccc([S+](c2ccccc2)c2ccc(-c3cccs3)cc2)cc1. The third-order valence-corrected chi connectivity index (χ3v) is 7.00. The van der Waals surface area contributed by atoms with E-state index in [1.807, 2.05) is 0 Å². The fraction of sp³-hybridized carbons (Fsp3) is 0. The first-order chi connectivity index (χ1) is 11.9. The molecule has 0 nitrogen and oxygen atoms in total. The highest BCUT2D eigenvalue weighted by Gasteiger charge is 2.28. The molecule has 0 unspecified atom stereocenters. The summed E-state index contributed by atoms with van der Waals surface area (Å²) in [4.78, 5) is 5.38. The third-order valence-electron chi connectivity index (χ3n) is 3.85. The van der Waals surface area contributed by atoms with Crippen molar-refractivity contribution in [3.05, 3.63) is 102 Å². The van der Waals surface area contributed by atoms with Crippen LogP contribution in [-0.2, 0) is 10.9 Å². The first-order valence-electron chi connectivity index (χ1n) is 7.90. The zero-order valence-corrected chi connectivity index (χ0v) is 15.9. The molecule has 0 saturated carbocycles. The largest absolute Gasteiger partial charge is 1.00 e. The molecule has 0 saturated heterocycles. The number of thiophene rings is 1. The standard InChI is InChI=1S/C22H17S2.ClH/c1-3-8-19(9-4-1)24(20-10-5-2-6-11-20)21-15-13-18(14-16-21)22-12-7-17-23-22;/h1-17H;1H/q+1;/p-1. The van der Waals surface area contributed by atoms with Crippen molar-refractivity contribution in [1.82, 2.24) is 0 Å². The van der Waals surface area contributed by atoms with Gasteiger partial charge in [0.05, 0.1) is 10.9 Å². The minimum atomic E-state index is -0.0663.